The number of halogens is 3. The summed E-state index contributed by atoms with van der Waals surface area (Å²) in [4.78, 5) is 2.30. The second-order valence-electron chi connectivity index (χ2n) is 5.92. The standard InChI is InChI=1S/C16H20F3NO3/c17-16(18,19)23-14-3-1-12(2-4-14)11-20-7-5-13(6-8-20)15-21-9-10-22-15/h1-4,13,15H,5-11H2. The molecule has 0 aliphatic carbocycles. The third-order valence-electron chi connectivity index (χ3n) is 4.23. The Hall–Kier alpha value is -1.31. The zero-order valence-corrected chi connectivity index (χ0v) is 12.7. The van der Waals surface area contributed by atoms with Gasteiger partial charge in [0.05, 0.1) is 13.2 Å². The van der Waals surface area contributed by atoms with Crippen LogP contribution in [-0.2, 0) is 16.0 Å². The van der Waals surface area contributed by atoms with Gasteiger partial charge in [0.2, 0.25) is 0 Å². The summed E-state index contributed by atoms with van der Waals surface area (Å²) >= 11 is 0. The van der Waals surface area contributed by atoms with Crippen molar-refractivity contribution in [3.05, 3.63) is 29.8 Å². The second-order valence-corrected chi connectivity index (χ2v) is 5.92. The first kappa shape index (κ1) is 16.5. The largest absolute Gasteiger partial charge is 0.573 e. The number of benzene rings is 1. The van der Waals surface area contributed by atoms with E-state index in [0.29, 0.717) is 19.1 Å². The first-order valence-corrected chi connectivity index (χ1v) is 7.80. The zero-order valence-electron chi connectivity index (χ0n) is 12.7. The molecule has 0 radical (unpaired) electrons. The quantitative estimate of drug-likeness (QED) is 0.848. The lowest BCUT2D eigenvalue weighted by Crippen LogP contribution is -2.37. The van der Waals surface area contributed by atoms with Gasteiger partial charge in [-0.15, -0.1) is 13.2 Å². The minimum atomic E-state index is -4.65. The minimum absolute atomic E-state index is 0.0593. The maximum absolute atomic E-state index is 12.1. The molecule has 2 heterocycles. The Kier molecular flexibility index (Phi) is 5.08. The van der Waals surface area contributed by atoms with Crippen LogP contribution in [0.2, 0.25) is 0 Å². The van der Waals surface area contributed by atoms with E-state index in [9.17, 15) is 13.2 Å². The van der Waals surface area contributed by atoms with Gasteiger partial charge < -0.3 is 14.2 Å². The van der Waals surface area contributed by atoms with Crippen LogP contribution in [0.15, 0.2) is 24.3 Å². The van der Waals surface area contributed by atoms with Crippen LogP contribution in [0.4, 0.5) is 13.2 Å². The van der Waals surface area contributed by atoms with Crippen LogP contribution in [0.5, 0.6) is 5.75 Å². The number of nitrogens with zero attached hydrogens (tertiary/aromatic N) is 1. The minimum Gasteiger partial charge on any atom is -0.406 e. The van der Waals surface area contributed by atoms with Crippen LogP contribution in [0.3, 0.4) is 0 Å². The highest BCUT2D eigenvalue weighted by molar-refractivity contribution is 5.27. The number of alkyl halides is 3. The Morgan fingerprint density at radius 3 is 2.22 bits per heavy atom. The summed E-state index contributed by atoms with van der Waals surface area (Å²) in [5.74, 6) is 0.256. The van der Waals surface area contributed by atoms with Gasteiger partial charge in [-0.2, -0.15) is 0 Å². The summed E-state index contributed by atoms with van der Waals surface area (Å²) in [6.45, 7) is 3.96. The summed E-state index contributed by atoms with van der Waals surface area (Å²) in [5.41, 5.74) is 0.978. The van der Waals surface area contributed by atoms with E-state index in [1.54, 1.807) is 12.1 Å². The molecule has 0 unspecified atom stereocenters. The van der Waals surface area contributed by atoms with Crippen LogP contribution in [0.25, 0.3) is 0 Å². The van der Waals surface area contributed by atoms with Crippen molar-refractivity contribution >= 4 is 0 Å². The van der Waals surface area contributed by atoms with E-state index in [1.165, 1.54) is 12.1 Å². The lowest BCUT2D eigenvalue weighted by atomic mass is 9.96. The van der Waals surface area contributed by atoms with Crippen molar-refractivity contribution in [1.82, 2.24) is 4.90 Å². The first-order valence-electron chi connectivity index (χ1n) is 7.80. The third kappa shape index (κ3) is 4.83. The number of ether oxygens (including phenoxy) is 3. The zero-order chi connectivity index (χ0) is 16.3. The van der Waals surface area contributed by atoms with Crippen molar-refractivity contribution in [3.63, 3.8) is 0 Å². The van der Waals surface area contributed by atoms with E-state index in [0.717, 1.165) is 38.0 Å². The Balaban J connectivity index is 1.46. The fraction of sp³-hybridized carbons (Fsp3) is 0.625. The molecule has 0 N–H and O–H groups in total. The van der Waals surface area contributed by atoms with Crippen molar-refractivity contribution in [2.75, 3.05) is 26.3 Å². The normalized spacial score (nSPS) is 21.7. The number of rotatable bonds is 4. The summed E-state index contributed by atoms with van der Waals surface area (Å²) in [6.07, 6.45) is -2.68. The number of hydrogen-bond donors (Lipinski definition) is 0. The van der Waals surface area contributed by atoms with Crippen LogP contribution >= 0.6 is 0 Å². The third-order valence-corrected chi connectivity index (χ3v) is 4.23. The molecule has 1 aromatic carbocycles. The molecule has 2 saturated heterocycles. The second kappa shape index (κ2) is 7.07. The van der Waals surface area contributed by atoms with Gasteiger partial charge in [-0.05, 0) is 43.6 Å². The molecule has 4 nitrogen and oxygen atoms in total. The highest BCUT2D eigenvalue weighted by Gasteiger charge is 2.31. The molecule has 0 amide bonds. The lowest BCUT2D eigenvalue weighted by molar-refractivity contribution is -0.274. The van der Waals surface area contributed by atoms with Crippen LogP contribution in [-0.4, -0.2) is 43.9 Å². The lowest BCUT2D eigenvalue weighted by Gasteiger charge is -2.33. The Labute approximate surface area is 133 Å². The molecule has 2 aliphatic rings. The monoisotopic (exact) mass is 331 g/mol. The molecule has 128 valence electrons. The van der Waals surface area contributed by atoms with Gasteiger partial charge in [-0.3, -0.25) is 4.90 Å². The maximum Gasteiger partial charge on any atom is 0.573 e. The number of hydrogen-bond acceptors (Lipinski definition) is 4. The predicted molar refractivity (Wildman–Crippen MR) is 76.8 cm³/mol. The molecule has 0 bridgehead atoms. The van der Waals surface area contributed by atoms with Crippen LogP contribution in [0, 0.1) is 5.92 Å². The van der Waals surface area contributed by atoms with Gasteiger partial charge in [-0.1, -0.05) is 12.1 Å². The van der Waals surface area contributed by atoms with Crippen LogP contribution in [0.1, 0.15) is 18.4 Å². The van der Waals surface area contributed by atoms with E-state index in [4.69, 9.17) is 9.47 Å². The molecular formula is C16H20F3NO3. The SMILES string of the molecule is FC(F)(F)Oc1ccc(CN2CCC(C3OCCO3)CC2)cc1. The van der Waals surface area contributed by atoms with Gasteiger partial charge in [-0.25, -0.2) is 0 Å². The summed E-state index contributed by atoms with van der Waals surface area (Å²) < 4.78 is 51.4. The summed E-state index contributed by atoms with van der Waals surface area (Å²) in [6, 6.07) is 6.07. The van der Waals surface area contributed by atoms with Crippen molar-refractivity contribution in [2.24, 2.45) is 5.92 Å². The highest BCUT2D eigenvalue weighted by Crippen LogP contribution is 2.27. The molecule has 0 atom stereocenters. The first-order chi connectivity index (χ1) is 11.0. The fourth-order valence-electron chi connectivity index (χ4n) is 3.09. The summed E-state index contributed by atoms with van der Waals surface area (Å²) in [7, 11) is 0. The molecule has 2 aliphatic heterocycles. The molecule has 7 heteroatoms. The molecule has 23 heavy (non-hydrogen) atoms. The average Bonchev–Trinajstić information content (AvgIpc) is 3.03. The molecule has 2 fully saturated rings. The van der Waals surface area contributed by atoms with E-state index in [1.807, 2.05) is 0 Å². The van der Waals surface area contributed by atoms with Gasteiger partial charge in [0.15, 0.2) is 6.29 Å². The smallest absolute Gasteiger partial charge is 0.406 e. The molecule has 0 aromatic heterocycles. The van der Waals surface area contributed by atoms with Gasteiger partial charge in [0.25, 0.3) is 0 Å². The Bertz CT molecular complexity index is 492. The van der Waals surface area contributed by atoms with Crippen molar-refractivity contribution in [2.45, 2.75) is 32.0 Å². The maximum atomic E-state index is 12.1. The predicted octanol–water partition coefficient (Wildman–Crippen LogP) is 3.17. The van der Waals surface area contributed by atoms with Crippen molar-refractivity contribution < 1.29 is 27.4 Å². The summed E-state index contributed by atoms with van der Waals surface area (Å²) in [5, 5.41) is 0. The molecule has 0 spiro atoms. The number of piperidine rings is 1. The van der Waals surface area contributed by atoms with Crippen LogP contribution < -0.4 is 4.74 Å². The Morgan fingerprint density at radius 2 is 1.65 bits per heavy atom. The van der Waals surface area contributed by atoms with E-state index in [2.05, 4.69) is 9.64 Å². The molecule has 0 saturated carbocycles. The van der Waals surface area contributed by atoms with Gasteiger partial charge in [0.1, 0.15) is 5.75 Å². The number of likely N-dealkylation sites (tertiary alicyclic amines) is 1. The van der Waals surface area contributed by atoms with E-state index >= 15 is 0 Å². The molecule has 1 aromatic rings. The Morgan fingerprint density at radius 1 is 1.04 bits per heavy atom. The van der Waals surface area contributed by atoms with Gasteiger partial charge in [0, 0.05) is 12.5 Å². The van der Waals surface area contributed by atoms with Crippen molar-refractivity contribution in [3.8, 4) is 5.75 Å². The van der Waals surface area contributed by atoms with E-state index < -0.39 is 6.36 Å². The average molecular weight is 331 g/mol. The highest BCUT2D eigenvalue weighted by atomic mass is 19.4. The molecular weight excluding hydrogens is 311 g/mol. The molecule has 3 rings (SSSR count). The van der Waals surface area contributed by atoms with E-state index in [-0.39, 0.29) is 12.0 Å². The van der Waals surface area contributed by atoms with Gasteiger partial charge >= 0.3 is 6.36 Å². The topological polar surface area (TPSA) is 30.9 Å². The fourth-order valence-corrected chi connectivity index (χ4v) is 3.09. The van der Waals surface area contributed by atoms with Crippen molar-refractivity contribution in [1.29, 1.82) is 0 Å².